The van der Waals surface area contributed by atoms with Gasteiger partial charge < -0.3 is 19.5 Å². The smallest absolute Gasteiger partial charge is 0.248 e. The molecule has 0 aliphatic carbocycles. The van der Waals surface area contributed by atoms with E-state index in [1.54, 1.807) is 4.90 Å². The lowest BCUT2D eigenvalue weighted by atomic mass is 10.2. The van der Waals surface area contributed by atoms with Crippen LogP contribution in [0.3, 0.4) is 0 Å². The van der Waals surface area contributed by atoms with E-state index >= 15 is 0 Å². The highest BCUT2D eigenvalue weighted by molar-refractivity contribution is 5.77. The van der Waals surface area contributed by atoms with Crippen LogP contribution in [0.5, 0.6) is 0 Å². The maximum Gasteiger partial charge on any atom is 0.248 e. The molecule has 1 heterocycles. The van der Waals surface area contributed by atoms with E-state index in [4.69, 9.17) is 14.6 Å². The summed E-state index contributed by atoms with van der Waals surface area (Å²) in [5.74, 6) is -0.0545. The summed E-state index contributed by atoms with van der Waals surface area (Å²) in [7, 11) is 1.49. The summed E-state index contributed by atoms with van der Waals surface area (Å²) in [6, 6.07) is 0. The number of nitrogens with zero attached hydrogens (tertiary/aromatic N) is 1. The molecule has 1 N–H and O–H groups in total. The lowest BCUT2D eigenvalue weighted by molar-refractivity contribution is -0.150. The lowest BCUT2D eigenvalue weighted by Gasteiger charge is -2.35. The third kappa shape index (κ3) is 2.94. The summed E-state index contributed by atoms with van der Waals surface area (Å²) in [6.07, 6.45) is -0.290. The normalized spacial score (nSPS) is 27.8. The molecule has 5 nitrogen and oxygen atoms in total. The van der Waals surface area contributed by atoms with Crippen LogP contribution in [-0.4, -0.2) is 61.5 Å². The number of carbonyl (C=O) groups is 1. The molecule has 1 saturated heterocycles. The average molecular weight is 203 g/mol. The van der Waals surface area contributed by atoms with Crippen LogP contribution in [0.4, 0.5) is 0 Å². The highest BCUT2D eigenvalue weighted by Gasteiger charge is 2.27. The van der Waals surface area contributed by atoms with Crippen LogP contribution in [0.15, 0.2) is 0 Å². The van der Waals surface area contributed by atoms with Gasteiger partial charge in [-0.15, -0.1) is 0 Å². The second kappa shape index (κ2) is 5.29. The zero-order valence-corrected chi connectivity index (χ0v) is 8.60. The van der Waals surface area contributed by atoms with Crippen molar-refractivity contribution in [2.24, 2.45) is 0 Å². The van der Waals surface area contributed by atoms with Gasteiger partial charge in [0.2, 0.25) is 5.91 Å². The van der Waals surface area contributed by atoms with Crippen LogP contribution < -0.4 is 0 Å². The number of amides is 1. The van der Waals surface area contributed by atoms with Crippen LogP contribution in [0.2, 0.25) is 0 Å². The van der Waals surface area contributed by atoms with Gasteiger partial charge in [-0.1, -0.05) is 0 Å². The van der Waals surface area contributed by atoms with E-state index in [-0.39, 0.29) is 31.3 Å². The third-order valence-electron chi connectivity index (χ3n) is 2.15. The van der Waals surface area contributed by atoms with Crippen molar-refractivity contribution in [3.05, 3.63) is 0 Å². The first-order valence-corrected chi connectivity index (χ1v) is 4.70. The van der Waals surface area contributed by atoms with Gasteiger partial charge in [-0.2, -0.15) is 0 Å². The number of morpholine rings is 1. The molecule has 14 heavy (non-hydrogen) atoms. The van der Waals surface area contributed by atoms with Gasteiger partial charge in [0.15, 0.2) is 0 Å². The number of hydrogen-bond donors (Lipinski definition) is 1. The zero-order valence-electron chi connectivity index (χ0n) is 8.60. The molecular formula is C9H17NO4. The standard InChI is InChI=1S/C9H17NO4/c1-7-3-10(9(12)6-13-2)4-8(5-11)14-7/h7-8,11H,3-6H2,1-2H3/t7-,8-/m0/s1. The van der Waals surface area contributed by atoms with Crippen LogP contribution in [0.25, 0.3) is 0 Å². The van der Waals surface area contributed by atoms with Crippen molar-refractivity contribution in [3.8, 4) is 0 Å². The van der Waals surface area contributed by atoms with Crippen LogP contribution in [0, 0.1) is 0 Å². The number of ether oxygens (including phenoxy) is 2. The monoisotopic (exact) mass is 203 g/mol. The molecule has 0 aromatic heterocycles. The van der Waals surface area contributed by atoms with Crippen LogP contribution in [0.1, 0.15) is 6.92 Å². The number of methoxy groups -OCH3 is 1. The fourth-order valence-corrected chi connectivity index (χ4v) is 1.56. The fourth-order valence-electron chi connectivity index (χ4n) is 1.56. The predicted molar refractivity (Wildman–Crippen MR) is 49.9 cm³/mol. The molecule has 1 amide bonds. The van der Waals surface area contributed by atoms with Gasteiger partial charge in [0.25, 0.3) is 0 Å². The minimum atomic E-state index is -0.264. The average Bonchev–Trinajstić information content (AvgIpc) is 2.17. The first-order chi connectivity index (χ1) is 6.67. The summed E-state index contributed by atoms with van der Waals surface area (Å²) in [6.45, 7) is 2.93. The zero-order chi connectivity index (χ0) is 10.6. The molecule has 1 aliphatic heterocycles. The number of aliphatic hydroxyl groups is 1. The third-order valence-corrected chi connectivity index (χ3v) is 2.15. The van der Waals surface area contributed by atoms with Gasteiger partial charge >= 0.3 is 0 Å². The summed E-state index contributed by atoms with van der Waals surface area (Å²) in [5, 5.41) is 8.94. The second-order valence-corrected chi connectivity index (χ2v) is 3.48. The molecule has 1 fully saturated rings. The number of hydrogen-bond acceptors (Lipinski definition) is 4. The topological polar surface area (TPSA) is 59.0 Å². The maximum absolute atomic E-state index is 11.5. The summed E-state index contributed by atoms with van der Waals surface area (Å²) in [4.78, 5) is 13.1. The van der Waals surface area contributed by atoms with E-state index in [9.17, 15) is 4.79 Å². The molecule has 0 aromatic carbocycles. The largest absolute Gasteiger partial charge is 0.394 e. The quantitative estimate of drug-likeness (QED) is 0.655. The molecular weight excluding hydrogens is 186 g/mol. The van der Waals surface area contributed by atoms with Crippen molar-refractivity contribution < 1.29 is 19.4 Å². The molecule has 0 bridgehead atoms. The molecule has 0 saturated carbocycles. The molecule has 5 heteroatoms. The van der Waals surface area contributed by atoms with Gasteiger partial charge in [-0.05, 0) is 6.92 Å². The van der Waals surface area contributed by atoms with Gasteiger partial charge in [0.1, 0.15) is 6.61 Å². The van der Waals surface area contributed by atoms with Crippen molar-refractivity contribution in [1.29, 1.82) is 0 Å². The second-order valence-electron chi connectivity index (χ2n) is 3.48. The van der Waals surface area contributed by atoms with Gasteiger partial charge in [0, 0.05) is 20.2 Å². The molecule has 1 rings (SSSR count). The molecule has 0 radical (unpaired) electrons. The van der Waals surface area contributed by atoms with Gasteiger partial charge in [-0.25, -0.2) is 0 Å². The minimum absolute atomic E-state index is 0.0262. The summed E-state index contributed by atoms with van der Waals surface area (Å²) >= 11 is 0. The van der Waals surface area contributed by atoms with Crippen molar-refractivity contribution in [3.63, 3.8) is 0 Å². The van der Waals surface area contributed by atoms with E-state index in [1.807, 2.05) is 6.92 Å². The Hall–Kier alpha value is -0.650. The molecule has 2 atom stereocenters. The van der Waals surface area contributed by atoms with Crippen molar-refractivity contribution in [2.75, 3.05) is 33.4 Å². The molecule has 82 valence electrons. The van der Waals surface area contributed by atoms with Crippen molar-refractivity contribution in [2.45, 2.75) is 19.1 Å². The lowest BCUT2D eigenvalue weighted by Crippen LogP contribution is -2.51. The Kier molecular flexibility index (Phi) is 4.31. The van der Waals surface area contributed by atoms with E-state index in [0.717, 1.165) is 0 Å². The number of carbonyl (C=O) groups excluding carboxylic acids is 1. The molecule has 0 spiro atoms. The van der Waals surface area contributed by atoms with Crippen molar-refractivity contribution >= 4 is 5.91 Å². The van der Waals surface area contributed by atoms with E-state index < -0.39 is 0 Å². The van der Waals surface area contributed by atoms with E-state index in [1.165, 1.54) is 7.11 Å². The molecule has 1 aliphatic rings. The highest BCUT2D eigenvalue weighted by Crippen LogP contribution is 2.10. The molecule has 0 aromatic rings. The Morgan fingerprint density at radius 3 is 2.93 bits per heavy atom. The highest BCUT2D eigenvalue weighted by atomic mass is 16.5. The predicted octanol–water partition coefficient (Wildman–Crippen LogP) is -0.759. The summed E-state index contributed by atoms with van der Waals surface area (Å²) < 4.78 is 10.2. The molecule has 0 unspecified atom stereocenters. The van der Waals surface area contributed by atoms with Crippen LogP contribution >= 0.6 is 0 Å². The number of rotatable bonds is 3. The minimum Gasteiger partial charge on any atom is -0.394 e. The maximum atomic E-state index is 11.5. The Labute approximate surface area is 83.6 Å². The van der Waals surface area contributed by atoms with Crippen molar-refractivity contribution in [1.82, 2.24) is 4.90 Å². The fraction of sp³-hybridized carbons (Fsp3) is 0.889. The summed E-state index contributed by atoms with van der Waals surface area (Å²) in [5.41, 5.74) is 0. The number of aliphatic hydroxyl groups excluding tert-OH is 1. The first-order valence-electron chi connectivity index (χ1n) is 4.70. The van der Waals surface area contributed by atoms with Crippen LogP contribution in [-0.2, 0) is 14.3 Å². The SMILES string of the molecule is COCC(=O)N1C[C@@H](CO)O[C@@H](C)C1. The first kappa shape index (κ1) is 11.4. The Balaban J connectivity index is 2.48. The Morgan fingerprint density at radius 1 is 1.64 bits per heavy atom. The van der Waals surface area contributed by atoms with Gasteiger partial charge in [0.05, 0.1) is 18.8 Å². The van der Waals surface area contributed by atoms with E-state index in [2.05, 4.69) is 0 Å². The Bertz CT molecular complexity index is 197. The Morgan fingerprint density at radius 2 is 2.36 bits per heavy atom. The van der Waals surface area contributed by atoms with E-state index in [0.29, 0.717) is 13.1 Å². The van der Waals surface area contributed by atoms with Gasteiger partial charge in [-0.3, -0.25) is 4.79 Å².